The second kappa shape index (κ2) is 4.88. The molecule has 1 unspecified atom stereocenters. The van der Waals surface area contributed by atoms with Crippen LogP contribution in [-0.2, 0) is 14.9 Å². The van der Waals surface area contributed by atoms with Crippen molar-refractivity contribution in [3.05, 3.63) is 34.9 Å². The predicted octanol–water partition coefficient (Wildman–Crippen LogP) is 2.68. The minimum atomic E-state index is -0.930. The molecule has 0 radical (unpaired) electrons. The molecule has 0 aromatic heterocycles. The fourth-order valence-electron chi connectivity index (χ4n) is 2.67. The summed E-state index contributed by atoms with van der Waals surface area (Å²) in [5.74, 6) is -0.930. The normalized spacial score (nSPS) is 13.5. The van der Waals surface area contributed by atoms with Crippen LogP contribution in [0, 0.1) is 13.8 Å². The topological polar surface area (TPSA) is 46.5 Å². The fourth-order valence-corrected chi connectivity index (χ4v) is 2.67. The van der Waals surface area contributed by atoms with Crippen LogP contribution in [0.25, 0.3) is 0 Å². The summed E-state index contributed by atoms with van der Waals surface area (Å²) in [4.78, 5) is 11.2. The quantitative estimate of drug-likeness (QED) is 0.874. The zero-order chi connectivity index (χ0) is 13.2. The van der Waals surface area contributed by atoms with Crippen molar-refractivity contribution < 1.29 is 14.6 Å². The molecule has 1 atom stereocenters. The van der Waals surface area contributed by atoms with E-state index in [2.05, 4.69) is 0 Å². The largest absolute Gasteiger partial charge is 0.479 e. The zero-order valence-corrected chi connectivity index (χ0v) is 11.1. The summed E-state index contributed by atoms with van der Waals surface area (Å²) >= 11 is 0. The van der Waals surface area contributed by atoms with Gasteiger partial charge in [0.2, 0.25) is 0 Å². The second-order valence-electron chi connectivity index (χ2n) is 4.94. The Balaban J connectivity index is 3.34. The van der Waals surface area contributed by atoms with Crippen molar-refractivity contribution >= 4 is 5.97 Å². The Morgan fingerprint density at radius 3 is 2.12 bits per heavy atom. The molecule has 1 rings (SSSR count). The average Bonchev–Trinajstić information content (AvgIpc) is 2.16. The standard InChI is InChI=1S/C14H20O3/c1-9-7-6-8-10(2)11(9)14(3,4)12(17-5)13(15)16/h6-8,12H,1-5H3,(H,15,16). The van der Waals surface area contributed by atoms with Crippen LogP contribution in [0.2, 0.25) is 0 Å². The molecule has 0 saturated carbocycles. The predicted molar refractivity (Wildman–Crippen MR) is 67.4 cm³/mol. The van der Waals surface area contributed by atoms with Crippen molar-refractivity contribution in [2.45, 2.75) is 39.2 Å². The van der Waals surface area contributed by atoms with Crippen LogP contribution in [0.15, 0.2) is 18.2 Å². The lowest BCUT2D eigenvalue weighted by molar-refractivity contribution is -0.152. The van der Waals surface area contributed by atoms with Gasteiger partial charge in [-0.25, -0.2) is 4.79 Å². The minimum absolute atomic E-state index is 0.560. The molecular weight excluding hydrogens is 216 g/mol. The molecule has 1 aromatic carbocycles. The number of carboxylic acid groups (broad SMARTS) is 1. The van der Waals surface area contributed by atoms with Crippen molar-refractivity contribution in [1.82, 2.24) is 0 Å². The van der Waals surface area contributed by atoms with Gasteiger partial charge >= 0.3 is 5.97 Å². The van der Waals surface area contributed by atoms with Crippen molar-refractivity contribution in [3.8, 4) is 0 Å². The first-order valence-electron chi connectivity index (χ1n) is 5.64. The number of benzene rings is 1. The lowest BCUT2D eigenvalue weighted by Crippen LogP contribution is -2.42. The van der Waals surface area contributed by atoms with E-state index in [9.17, 15) is 9.90 Å². The summed E-state index contributed by atoms with van der Waals surface area (Å²) in [6.07, 6.45) is -0.845. The summed E-state index contributed by atoms with van der Waals surface area (Å²) in [7, 11) is 1.44. The number of hydrogen-bond acceptors (Lipinski definition) is 2. The lowest BCUT2D eigenvalue weighted by atomic mass is 9.75. The Hall–Kier alpha value is -1.35. The highest BCUT2D eigenvalue weighted by Gasteiger charge is 2.38. The van der Waals surface area contributed by atoms with E-state index in [1.807, 2.05) is 45.9 Å². The first-order chi connectivity index (χ1) is 7.82. The van der Waals surface area contributed by atoms with Crippen LogP contribution >= 0.6 is 0 Å². The molecular formula is C14H20O3. The maximum Gasteiger partial charge on any atom is 0.333 e. The lowest BCUT2D eigenvalue weighted by Gasteiger charge is -2.33. The minimum Gasteiger partial charge on any atom is -0.479 e. The van der Waals surface area contributed by atoms with Gasteiger partial charge in [-0.15, -0.1) is 0 Å². The molecule has 0 fully saturated rings. The van der Waals surface area contributed by atoms with E-state index in [4.69, 9.17) is 4.74 Å². The molecule has 0 aliphatic heterocycles. The molecule has 0 aliphatic rings. The highest BCUT2D eigenvalue weighted by atomic mass is 16.5. The van der Waals surface area contributed by atoms with Crippen LogP contribution < -0.4 is 0 Å². The average molecular weight is 236 g/mol. The summed E-state index contributed by atoms with van der Waals surface area (Å²) in [5.41, 5.74) is 2.68. The molecule has 1 aromatic rings. The number of carboxylic acids is 1. The fraction of sp³-hybridized carbons (Fsp3) is 0.500. The van der Waals surface area contributed by atoms with Gasteiger partial charge in [-0.1, -0.05) is 32.0 Å². The number of carbonyl (C=O) groups is 1. The van der Waals surface area contributed by atoms with Crippen LogP contribution in [-0.4, -0.2) is 24.3 Å². The summed E-state index contributed by atoms with van der Waals surface area (Å²) < 4.78 is 5.14. The van der Waals surface area contributed by atoms with E-state index in [1.165, 1.54) is 7.11 Å². The van der Waals surface area contributed by atoms with Crippen LogP contribution in [0.1, 0.15) is 30.5 Å². The maximum atomic E-state index is 11.2. The van der Waals surface area contributed by atoms with Crippen LogP contribution in [0.3, 0.4) is 0 Å². The van der Waals surface area contributed by atoms with E-state index >= 15 is 0 Å². The number of aryl methyl sites for hydroxylation is 2. The molecule has 0 spiro atoms. The third-order valence-corrected chi connectivity index (χ3v) is 3.24. The maximum absolute atomic E-state index is 11.2. The molecule has 17 heavy (non-hydrogen) atoms. The van der Waals surface area contributed by atoms with Gasteiger partial charge < -0.3 is 9.84 Å². The van der Waals surface area contributed by atoms with Crippen LogP contribution in [0.4, 0.5) is 0 Å². The van der Waals surface area contributed by atoms with E-state index in [0.29, 0.717) is 0 Å². The third kappa shape index (κ3) is 2.50. The monoisotopic (exact) mass is 236 g/mol. The molecule has 0 bridgehead atoms. The molecule has 1 N–H and O–H groups in total. The van der Waals surface area contributed by atoms with E-state index < -0.39 is 17.5 Å². The Labute approximate surface area is 102 Å². The summed E-state index contributed by atoms with van der Waals surface area (Å²) in [6, 6.07) is 5.98. The van der Waals surface area contributed by atoms with Gasteiger partial charge in [0.15, 0.2) is 6.10 Å². The first kappa shape index (κ1) is 13.7. The number of methoxy groups -OCH3 is 1. The molecule has 3 heteroatoms. The molecule has 0 aliphatic carbocycles. The van der Waals surface area contributed by atoms with E-state index in [1.54, 1.807) is 0 Å². The van der Waals surface area contributed by atoms with Crippen molar-refractivity contribution in [1.29, 1.82) is 0 Å². The van der Waals surface area contributed by atoms with Gasteiger partial charge in [0.1, 0.15) is 0 Å². The molecule has 0 heterocycles. The Kier molecular flexibility index (Phi) is 3.94. The van der Waals surface area contributed by atoms with E-state index in [-0.39, 0.29) is 0 Å². The number of rotatable bonds is 4. The highest BCUT2D eigenvalue weighted by molar-refractivity contribution is 5.75. The number of ether oxygens (including phenoxy) is 1. The SMILES string of the molecule is COC(C(=O)O)C(C)(C)c1c(C)cccc1C. The van der Waals surface area contributed by atoms with Gasteiger partial charge in [-0.05, 0) is 30.5 Å². The molecule has 94 valence electrons. The van der Waals surface area contributed by atoms with Gasteiger partial charge in [-0.2, -0.15) is 0 Å². The van der Waals surface area contributed by atoms with Gasteiger partial charge in [0.25, 0.3) is 0 Å². The highest BCUT2D eigenvalue weighted by Crippen LogP contribution is 2.33. The van der Waals surface area contributed by atoms with Gasteiger partial charge in [0, 0.05) is 12.5 Å². The van der Waals surface area contributed by atoms with Crippen LogP contribution in [0.5, 0.6) is 0 Å². The zero-order valence-electron chi connectivity index (χ0n) is 11.1. The Morgan fingerprint density at radius 2 is 1.76 bits per heavy atom. The summed E-state index contributed by atoms with van der Waals surface area (Å²) in [5, 5.41) is 9.23. The van der Waals surface area contributed by atoms with Crippen molar-refractivity contribution in [3.63, 3.8) is 0 Å². The van der Waals surface area contributed by atoms with E-state index in [0.717, 1.165) is 16.7 Å². The second-order valence-corrected chi connectivity index (χ2v) is 4.94. The van der Waals surface area contributed by atoms with Crippen molar-refractivity contribution in [2.24, 2.45) is 0 Å². The Morgan fingerprint density at radius 1 is 1.29 bits per heavy atom. The number of aliphatic carboxylic acids is 1. The smallest absolute Gasteiger partial charge is 0.333 e. The number of hydrogen-bond donors (Lipinski definition) is 1. The first-order valence-corrected chi connectivity index (χ1v) is 5.64. The molecule has 0 saturated heterocycles. The summed E-state index contributed by atoms with van der Waals surface area (Å²) in [6.45, 7) is 7.81. The van der Waals surface area contributed by atoms with Crippen molar-refractivity contribution in [2.75, 3.05) is 7.11 Å². The molecule has 0 amide bonds. The van der Waals surface area contributed by atoms with Gasteiger partial charge in [-0.3, -0.25) is 0 Å². The molecule has 3 nitrogen and oxygen atoms in total. The third-order valence-electron chi connectivity index (χ3n) is 3.24. The Bertz CT molecular complexity index is 401. The van der Waals surface area contributed by atoms with Gasteiger partial charge in [0.05, 0.1) is 0 Å².